The first-order valence-corrected chi connectivity index (χ1v) is 4.80. The molecule has 0 fully saturated rings. The topological polar surface area (TPSA) is 17.8 Å². The number of nitrogens with zero attached hydrogens (tertiary/aromatic N) is 2. The van der Waals surface area contributed by atoms with E-state index in [1.807, 2.05) is 43.4 Å². The molecule has 12 heavy (non-hydrogen) atoms. The van der Waals surface area contributed by atoms with Gasteiger partial charge in [-0.25, -0.2) is 0 Å². The standard InChI is InChI=1S/C8H12FIN2/c1-8(2,3)6-5(10)7(9)11-12(6)4/h1-4H3. The monoisotopic (exact) mass is 282 g/mol. The summed E-state index contributed by atoms with van der Waals surface area (Å²) < 4.78 is 15.2. The molecule has 0 amide bonds. The van der Waals surface area contributed by atoms with Gasteiger partial charge in [-0.05, 0) is 22.6 Å². The van der Waals surface area contributed by atoms with Gasteiger partial charge in [0.25, 0.3) is 0 Å². The molecule has 0 saturated heterocycles. The Balaban J connectivity index is 3.32. The highest BCUT2D eigenvalue weighted by molar-refractivity contribution is 14.1. The fourth-order valence-corrected chi connectivity index (χ4v) is 2.55. The minimum Gasteiger partial charge on any atom is -0.268 e. The first kappa shape index (κ1) is 9.95. The van der Waals surface area contributed by atoms with Crippen LogP contribution < -0.4 is 0 Å². The second-order valence-electron chi connectivity index (χ2n) is 3.83. The fourth-order valence-electron chi connectivity index (χ4n) is 1.28. The zero-order valence-corrected chi connectivity index (χ0v) is 9.81. The largest absolute Gasteiger partial charge is 0.268 e. The summed E-state index contributed by atoms with van der Waals surface area (Å²) in [5, 5.41) is 3.72. The van der Waals surface area contributed by atoms with E-state index in [0.717, 1.165) is 5.69 Å². The van der Waals surface area contributed by atoms with Gasteiger partial charge in [0.2, 0.25) is 5.95 Å². The quantitative estimate of drug-likeness (QED) is 0.668. The smallest absolute Gasteiger partial charge is 0.246 e. The van der Waals surface area contributed by atoms with Crippen LogP contribution in [0.4, 0.5) is 4.39 Å². The molecule has 1 aromatic heterocycles. The number of hydrogen-bond acceptors (Lipinski definition) is 1. The number of aromatic nitrogens is 2. The average molecular weight is 282 g/mol. The molecule has 0 bridgehead atoms. The fraction of sp³-hybridized carbons (Fsp3) is 0.625. The highest BCUT2D eigenvalue weighted by Crippen LogP contribution is 2.27. The molecule has 0 atom stereocenters. The highest BCUT2D eigenvalue weighted by atomic mass is 127. The second-order valence-corrected chi connectivity index (χ2v) is 4.91. The van der Waals surface area contributed by atoms with Gasteiger partial charge >= 0.3 is 0 Å². The summed E-state index contributed by atoms with van der Waals surface area (Å²) in [6.07, 6.45) is 0. The lowest BCUT2D eigenvalue weighted by Crippen LogP contribution is -2.17. The van der Waals surface area contributed by atoms with Crippen LogP contribution in [0.25, 0.3) is 0 Å². The van der Waals surface area contributed by atoms with Crippen molar-refractivity contribution in [2.75, 3.05) is 0 Å². The molecule has 1 aromatic rings. The third kappa shape index (κ3) is 1.62. The Bertz CT molecular complexity index is 299. The van der Waals surface area contributed by atoms with Crippen LogP contribution in [0.1, 0.15) is 26.5 Å². The summed E-state index contributed by atoms with van der Waals surface area (Å²) in [5.74, 6) is -0.372. The average Bonchev–Trinajstić information content (AvgIpc) is 2.05. The molecule has 0 radical (unpaired) electrons. The van der Waals surface area contributed by atoms with Gasteiger partial charge in [0.15, 0.2) is 0 Å². The lowest BCUT2D eigenvalue weighted by molar-refractivity contribution is 0.510. The molecule has 0 aromatic carbocycles. The third-order valence-electron chi connectivity index (χ3n) is 1.66. The van der Waals surface area contributed by atoms with Crippen molar-refractivity contribution in [1.29, 1.82) is 0 Å². The molecule has 2 nitrogen and oxygen atoms in total. The van der Waals surface area contributed by atoms with Crippen LogP contribution in [0.15, 0.2) is 0 Å². The Morgan fingerprint density at radius 1 is 1.42 bits per heavy atom. The molecule has 4 heteroatoms. The number of aryl methyl sites for hydroxylation is 1. The lowest BCUT2D eigenvalue weighted by atomic mass is 9.92. The molecule has 0 saturated carbocycles. The van der Waals surface area contributed by atoms with E-state index in [0.29, 0.717) is 3.57 Å². The molecule has 0 N–H and O–H groups in total. The van der Waals surface area contributed by atoms with Crippen molar-refractivity contribution in [1.82, 2.24) is 9.78 Å². The molecule has 0 aliphatic rings. The van der Waals surface area contributed by atoms with Crippen molar-refractivity contribution in [3.63, 3.8) is 0 Å². The van der Waals surface area contributed by atoms with Crippen molar-refractivity contribution >= 4 is 22.6 Å². The lowest BCUT2D eigenvalue weighted by Gasteiger charge is -2.18. The van der Waals surface area contributed by atoms with Crippen LogP contribution in [-0.2, 0) is 12.5 Å². The van der Waals surface area contributed by atoms with Crippen LogP contribution in [0.3, 0.4) is 0 Å². The van der Waals surface area contributed by atoms with E-state index in [4.69, 9.17) is 0 Å². The van der Waals surface area contributed by atoms with Crippen LogP contribution in [0.5, 0.6) is 0 Å². The van der Waals surface area contributed by atoms with E-state index < -0.39 is 0 Å². The predicted octanol–water partition coefficient (Wildman–Crippen LogP) is 2.46. The Morgan fingerprint density at radius 2 is 1.92 bits per heavy atom. The first-order chi connectivity index (χ1) is 5.34. The van der Waals surface area contributed by atoms with Crippen molar-refractivity contribution in [3.05, 3.63) is 15.2 Å². The Labute approximate surface area is 85.3 Å². The first-order valence-electron chi connectivity index (χ1n) is 3.72. The van der Waals surface area contributed by atoms with Crippen molar-refractivity contribution < 1.29 is 4.39 Å². The van der Waals surface area contributed by atoms with Crippen LogP contribution >= 0.6 is 22.6 Å². The molecular formula is C8H12FIN2. The van der Waals surface area contributed by atoms with Gasteiger partial charge in [-0.15, -0.1) is 5.10 Å². The van der Waals surface area contributed by atoms with Crippen LogP contribution in [0, 0.1) is 9.52 Å². The summed E-state index contributed by atoms with van der Waals surface area (Å²) >= 11 is 1.99. The summed E-state index contributed by atoms with van der Waals surface area (Å²) in [6.45, 7) is 6.14. The Hall–Kier alpha value is -0.130. The summed E-state index contributed by atoms with van der Waals surface area (Å²) in [4.78, 5) is 0. The molecule has 0 aliphatic heterocycles. The number of rotatable bonds is 0. The normalized spacial score (nSPS) is 12.2. The summed E-state index contributed by atoms with van der Waals surface area (Å²) in [7, 11) is 1.77. The molecule has 0 unspecified atom stereocenters. The van der Waals surface area contributed by atoms with E-state index in [1.54, 1.807) is 11.7 Å². The molecule has 1 heterocycles. The number of hydrogen-bond donors (Lipinski definition) is 0. The summed E-state index contributed by atoms with van der Waals surface area (Å²) in [6, 6.07) is 0. The zero-order chi connectivity index (χ0) is 9.52. The zero-order valence-electron chi connectivity index (χ0n) is 7.65. The van der Waals surface area contributed by atoms with Gasteiger partial charge in [-0.2, -0.15) is 4.39 Å². The third-order valence-corrected chi connectivity index (χ3v) is 2.62. The highest BCUT2D eigenvalue weighted by Gasteiger charge is 2.24. The van der Waals surface area contributed by atoms with Crippen molar-refractivity contribution in [2.45, 2.75) is 26.2 Å². The van der Waals surface area contributed by atoms with E-state index in [-0.39, 0.29) is 11.4 Å². The van der Waals surface area contributed by atoms with Gasteiger partial charge in [0.1, 0.15) is 0 Å². The molecular weight excluding hydrogens is 270 g/mol. The maximum atomic E-state index is 13.0. The molecule has 0 spiro atoms. The van der Waals surface area contributed by atoms with Gasteiger partial charge in [-0.1, -0.05) is 20.8 Å². The van der Waals surface area contributed by atoms with Crippen molar-refractivity contribution in [2.24, 2.45) is 7.05 Å². The van der Waals surface area contributed by atoms with Gasteiger partial charge in [0.05, 0.1) is 9.26 Å². The SMILES string of the molecule is Cn1nc(F)c(I)c1C(C)(C)C. The second kappa shape index (κ2) is 2.97. The Kier molecular flexibility index (Phi) is 2.47. The number of halogens is 2. The molecule has 1 rings (SSSR count). The minimum absolute atomic E-state index is 0.0530. The van der Waals surface area contributed by atoms with Gasteiger partial charge in [0, 0.05) is 12.5 Å². The van der Waals surface area contributed by atoms with E-state index in [9.17, 15) is 4.39 Å². The Morgan fingerprint density at radius 3 is 2.08 bits per heavy atom. The van der Waals surface area contributed by atoms with Gasteiger partial charge < -0.3 is 0 Å². The van der Waals surface area contributed by atoms with E-state index in [1.165, 1.54) is 0 Å². The van der Waals surface area contributed by atoms with E-state index in [2.05, 4.69) is 5.10 Å². The van der Waals surface area contributed by atoms with E-state index >= 15 is 0 Å². The molecule has 68 valence electrons. The predicted molar refractivity (Wildman–Crippen MR) is 54.6 cm³/mol. The van der Waals surface area contributed by atoms with Crippen LogP contribution in [-0.4, -0.2) is 9.78 Å². The maximum Gasteiger partial charge on any atom is 0.246 e. The molecule has 0 aliphatic carbocycles. The van der Waals surface area contributed by atoms with Crippen molar-refractivity contribution in [3.8, 4) is 0 Å². The maximum absolute atomic E-state index is 13.0. The van der Waals surface area contributed by atoms with Gasteiger partial charge in [-0.3, -0.25) is 4.68 Å². The summed E-state index contributed by atoms with van der Waals surface area (Å²) in [5.41, 5.74) is 0.892. The minimum atomic E-state index is -0.372. The van der Waals surface area contributed by atoms with Crippen LogP contribution in [0.2, 0.25) is 0 Å².